The molecule has 2 nitrogen and oxygen atoms in total. The first-order chi connectivity index (χ1) is 8.70. The van der Waals surface area contributed by atoms with Gasteiger partial charge in [0.1, 0.15) is 5.75 Å². The van der Waals surface area contributed by atoms with E-state index in [1.165, 1.54) is 12.0 Å². The highest BCUT2D eigenvalue weighted by atomic mass is 35.5. The standard InChI is InChI=1S/C15H22ClNO/c1-3-11(2)13-4-5-15(14(16)8-13)18-10-12-6-7-17-9-12/h4-5,8,11-12,17H,3,6-7,9-10H2,1-2H3/t11-,12+/m1/s1. The molecule has 0 saturated carbocycles. The SMILES string of the molecule is CC[C@@H](C)c1ccc(OC[C@H]2CCNC2)c(Cl)c1. The molecule has 0 aromatic heterocycles. The molecule has 0 unspecified atom stereocenters. The molecular weight excluding hydrogens is 246 g/mol. The normalized spacial score (nSPS) is 20.9. The lowest BCUT2D eigenvalue weighted by Gasteiger charge is -2.14. The third-order valence-corrected chi connectivity index (χ3v) is 4.07. The molecule has 0 bridgehead atoms. The van der Waals surface area contributed by atoms with E-state index < -0.39 is 0 Å². The fraction of sp³-hybridized carbons (Fsp3) is 0.600. The molecular formula is C15H22ClNO. The Kier molecular flexibility index (Phi) is 4.90. The molecule has 2 atom stereocenters. The first-order valence-electron chi connectivity index (χ1n) is 6.83. The summed E-state index contributed by atoms with van der Waals surface area (Å²) in [5.74, 6) is 1.99. The second-order valence-corrected chi connectivity index (χ2v) is 5.58. The third-order valence-electron chi connectivity index (χ3n) is 3.77. The van der Waals surface area contributed by atoms with Gasteiger partial charge in [-0.2, -0.15) is 0 Å². The van der Waals surface area contributed by atoms with Gasteiger partial charge >= 0.3 is 0 Å². The van der Waals surface area contributed by atoms with Crippen molar-refractivity contribution in [3.05, 3.63) is 28.8 Å². The first kappa shape index (κ1) is 13.7. The van der Waals surface area contributed by atoms with Gasteiger partial charge < -0.3 is 10.1 Å². The molecule has 1 aromatic carbocycles. The average Bonchev–Trinajstić information content (AvgIpc) is 2.89. The van der Waals surface area contributed by atoms with E-state index in [1.807, 2.05) is 12.1 Å². The molecule has 1 aliphatic heterocycles. The van der Waals surface area contributed by atoms with Gasteiger partial charge in [-0.1, -0.05) is 31.5 Å². The minimum absolute atomic E-state index is 0.551. The number of halogens is 1. The molecule has 1 heterocycles. The van der Waals surface area contributed by atoms with Crippen LogP contribution in [0.2, 0.25) is 5.02 Å². The van der Waals surface area contributed by atoms with Crippen LogP contribution in [0.25, 0.3) is 0 Å². The van der Waals surface area contributed by atoms with E-state index in [4.69, 9.17) is 16.3 Å². The molecule has 0 spiro atoms. The van der Waals surface area contributed by atoms with Crippen LogP contribution >= 0.6 is 11.6 Å². The predicted octanol–water partition coefficient (Wildman–Crippen LogP) is 3.84. The first-order valence-corrected chi connectivity index (χ1v) is 7.21. The van der Waals surface area contributed by atoms with Crippen molar-refractivity contribution < 1.29 is 4.74 Å². The Hall–Kier alpha value is -0.730. The number of hydrogen-bond acceptors (Lipinski definition) is 2. The zero-order valence-corrected chi connectivity index (χ0v) is 12.0. The Morgan fingerprint density at radius 3 is 2.94 bits per heavy atom. The van der Waals surface area contributed by atoms with Crippen molar-refractivity contribution >= 4 is 11.6 Å². The van der Waals surface area contributed by atoms with Gasteiger partial charge in [0.05, 0.1) is 11.6 Å². The Morgan fingerprint density at radius 2 is 2.33 bits per heavy atom. The van der Waals surface area contributed by atoms with Gasteiger partial charge in [0.25, 0.3) is 0 Å². The summed E-state index contributed by atoms with van der Waals surface area (Å²) in [5.41, 5.74) is 1.29. The highest BCUT2D eigenvalue weighted by Gasteiger charge is 2.16. The van der Waals surface area contributed by atoms with E-state index in [0.29, 0.717) is 11.8 Å². The van der Waals surface area contributed by atoms with Crippen LogP contribution < -0.4 is 10.1 Å². The van der Waals surface area contributed by atoms with Crippen molar-refractivity contribution in [2.45, 2.75) is 32.6 Å². The molecule has 1 fully saturated rings. The van der Waals surface area contributed by atoms with E-state index in [1.54, 1.807) is 0 Å². The molecule has 0 amide bonds. The van der Waals surface area contributed by atoms with Crippen LogP contribution in [-0.2, 0) is 0 Å². The molecule has 3 heteroatoms. The molecule has 18 heavy (non-hydrogen) atoms. The molecule has 1 aromatic rings. The maximum absolute atomic E-state index is 6.28. The lowest BCUT2D eigenvalue weighted by atomic mass is 9.99. The van der Waals surface area contributed by atoms with E-state index in [2.05, 4.69) is 25.2 Å². The zero-order chi connectivity index (χ0) is 13.0. The molecule has 0 radical (unpaired) electrons. The summed E-state index contributed by atoms with van der Waals surface area (Å²) < 4.78 is 5.82. The topological polar surface area (TPSA) is 21.3 Å². The van der Waals surface area contributed by atoms with Crippen LogP contribution in [0.1, 0.15) is 38.2 Å². The van der Waals surface area contributed by atoms with E-state index in [9.17, 15) is 0 Å². The Bertz CT molecular complexity index is 388. The molecule has 1 N–H and O–H groups in total. The number of ether oxygens (including phenoxy) is 1. The van der Waals surface area contributed by atoms with Crippen molar-refractivity contribution in [1.29, 1.82) is 0 Å². The van der Waals surface area contributed by atoms with Gasteiger partial charge in [0, 0.05) is 12.5 Å². The van der Waals surface area contributed by atoms with Crippen LogP contribution in [0.3, 0.4) is 0 Å². The highest BCUT2D eigenvalue weighted by molar-refractivity contribution is 6.32. The van der Waals surface area contributed by atoms with Crippen LogP contribution in [0.5, 0.6) is 5.75 Å². The van der Waals surface area contributed by atoms with Crippen LogP contribution in [0, 0.1) is 5.92 Å². The van der Waals surface area contributed by atoms with Gasteiger partial charge in [-0.25, -0.2) is 0 Å². The van der Waals surface area contributed by atoms with Crippen LogP contribution in [0.4, 0.5) is 0 Å². The van der Waals surface area contributed by atoms with Gasteiger partial charge in [0.15, 0.2) is 0 Å². The maximum Gasteiger partial charge on any atom is 0.137 e. The van der Waals surface area contributed by atoms with Crippen molar-refractivity contribution in [1.82, 2.24) is 5.32 Å². The minimum Gasteiger partial charge on any atom is -0.492 e. The number of nitrogens with one attached hydrogen (secondary N) is 1. The fourth-order valence-corrected chi connectivity index (χ4v) is 2.48. The Labute approximate surface area is 115 Å². The fourth-order valence-electron chi connectivity index (χ4n) is 2.24. The van der Waals surface area contributed by atoms with Gasteiger partial charge in [-0.3, -0.25) is 0 Å². The molecule has 0 aliphatic carbocycles. The predicted molar refractivity (Wildman–Crippen MR) is 76.6 cm³/mol. The molecule has 2 rings (SSSR count). The monoisotopic (exact) mass is 267 g/mol. The largest absolute Gasteiger partial charge is 0.492 e. The van der Waals surface area contributed by atoms with Gasteiger partial charge in [-0.15, -0.1) is 0 Å². The third kappa shape index (κ3) is 3.39. The number of hydrogen-bond donors (Lipinski definition) is 1. The quantitative estimate of drug-likeness (QED) is 0.875. The van der Waals surface area contributed by atoms with E-state index in [0.717, 1.165) is 36.9 Å². The van der Waals surface area contributed by atoms with Gasteiger partial charge in [0.2, 0.25) is 0 Å². The summed E-state index contributed by atoms with van der Waals surface area (Å²) in [6.45, 7) is 7.33. The van der Waals surface area contributed by atoms with Crippen molar-refractivity contribution in [2.24, 2.45) is 5.92 Å². The number of benzene rings is 1. The van der Waals surface area contributed by atoms with Gasteiger partial charge in [-0.05, 0) is 43.0 Å². The van der Waals surface area contributed by atoms with Crippen molar-refractivity contribution in [3.63, 3.8) is 0 Å². The minimum atomic E-state index is 0.551. The summed E-state index contributed by atoms with van der Waals surface area (Å²) in [7, 11) is 0. The van der Waals surface area contributed by atoms with E-state index >= 15 is 0 Å². The molecule has 100 valence electrons. The highest BCUT2D eigenvalue weighted by Crippen LogP contribution is 2.30. The summed E-state index contributed by atoms with van der Waals surface area (Å²) in [6, 6.07) is 6.17. The number of rotatable bonds is 5. The maximum atomic E-state index is 6.28. The second kappa shape index (κ2) is 6.44. The Morgan fingerprint density at radius 1 is 1.50 bits per heavy atom. The summed E-state index contributed by atoms with van der Waals surface area (Å²) in [4.78, 5) is 0. The second-order valence-electron chi connectivity index (χ2n) is 5.17. The van der Waals surface area contributed by atoms with Crippen LogP contribution in [-0.4, -0.2) is 19.7 Å². The lowest BCUT2D eigenvalue weighted by Crippen LogP contribution is -2.15. The van der Waals surface area contributed by atoms with E-state index in [-0.39, 0.29) is 0 Å². The summed E-state index contributed by atoms with van der Waals surface area (Å²) in [5, 5.41) is 4.08. The zero-order valence-electron chi connectivity index (χ0n) is 11.2. The smallest absolute Gasteiger partial charge is 0.137 e. The van der Waals surface area contributed by atoms with Crippen molar-refractivity contribution in [2.75, 3.05) is 19.7 Å². The summed E-state index contributed by atoms with van der Waals surface area (Å²) in [6.07, 6.45) is 2.33. The molecule has 1 aliphatic rings. The van der Waals surface area contributed by atoms with Crippen molar-refractivity contribution in [3.8, 4) is 5.75 Å². The summed E-state index contributed by atoms with van der Waals surface area (Å²) >= 11 is 6.28. The average molecular weight is 268 g/mol. The Balaban J connectivity index is 1.96. The van der Waals surface area contributed by atoms with Crippen LogP contribution in [0.15, 0.2) is 18.2 Å². The lowest BCUT2D eigenvalue weighted by molar-refractivity contribution is 0.260. The molecule has 1 saturated heterocycles.